The molecule has 0 saturated heterocycles. The smallest absolute Gasteiger partial charge is 0.162 e. The Balaban J connectivity index is 2.45. The lowest BCUT2D eigenvalue weighted by Crippen LogP contribution is -2.38. The van der Waals surface area contributed by atoms with Crippen LogP contribution in [0.1, 0.15) is 58.5 Å². The molecule has 0 bridgehead atoms. The average Bonchev–Trinajstić information content (AvgIpc) is 2.27. The van der Waals surface area contributed by atoms with Crippen molar-refractivity contribution in [2.24, 2.45) is 0 Å². The molecule has 1 aromatic heterocycles. The van der Waals surface area contributed by atoms with Crippen molar-refractivity contribution in [3.05, 3.63) is 17.6 Å². The Bertz CT molecular complexity index is 442. The molecule has 1 aliphatic rings. The first-order valence-corrected chi connectivity index (χ1v) is 7.10. The van der Waals surface area contributed by atoms with Crippen LogP contribution in [0.5, 0.6) is 0 Å². The number of ether oxygens (including phenoxy) is 1. The predicted octanol–water partition coefficient (Wildman–Crippen LogP) is 3.23. The summed E-state index contributed by atoms with van der Waals surface area (Å²) in [5.41, 5.74) is 0.822. The second-order valence-electron chi connectivity index (χ2n) is 6.29. The van der Waals surface area contributed by atoms with Crippen molar-refractivity contribution in [2.75, 3.05) is 19.0 Å². The van der Waals surface area contributed by atoms with Crippen LogP contribution < -0.4 is 5.32 Å². The van der Waals surface area contributed by atoms with Gasteiger partial charge >= 0.3 is 0 Å². The number of methoxy groups -OCH3 is 1. The zero-order valence-electron chi connectivity index (χ0n) is 12.7. The van der Waals surface area contributed by atoms with Crippen LogP contribution in [0.15, 0.2) is 6.07 Å². The molecule has 0 atom stereocenters. The van der Waals surface area contributed by atoms with Gasteiger partial charge in [-0.3, -0.25) is 0 Å². The molecule has 1 heterocycles. The molecule has 0 aliphatic heterocycles. The Kier molecular flexibility index (Phi) is 3.81. The van der Waals surface area contributed by atoms with Gasteiger partial charge in [-0.1, -0.05) is 20.8 Å². The molecule has 4 heteroatoms. The van der Waals surface area contributed by atoms with E-state index in [9.17, 15) is 0 Å². The molecule has 1 aliphatic carbocycles. The molecule has 0 aromatic carbocycles. The van der Waals surface area contributed by atoms with Crippen LogP contribution in [0.2, 0.25) is 0 Å². The lowest BCUT2D eigenvalue weighted by atomic mass is 9.79. The number of aromatic nitrogens is 2. The van der Waals surface area contributed by atoms with E-state index >= 15 is 0 Å². The fraction of sp³-hybridized carbons (Fsp3) is 0.733. The largest absolute Gasteiger partial charge is 0.370 e. The van der Waals surface area contributed by atoms with Gasteiger partial charge < -0.3 is 10.1 Å². The topological polar surface area (TPSA) is 47.0 Å². The molecule has 19 heavy (non-hydrogen) atoms. The van der Waals surface area contributed by atoms with E-state index in [2.05, 4.69) is 44.1 Å². The van der Waals surface area contributed by atoms with Crippen molar-refractivity contribution in [3.8, 4) is 0 Å². The van der Waals surface area contributed by atoms with Gasteiger partial charge in [0.15, 0.2) is 5.82 Å². The van der Waals surface area contributed by atoms with E-state index in [1.54, 1.807) is 7.11 Å². The summed E-state index contributed by atoms with van der Waals surface area (Å²) >= 11 is 0. The first kappa shape index (κ1) is 14.3. The van der Waals surface area contributed by atoms with Crippen molar-refractivity contribution in [1.29, 1.82) is 0 Å². The van der Waals surface area contributed by atoms with Gasteiger partial charge in [-0.15, -0.1) is 0 Å². The molecule has 0 spiro atoms. The van der Waals surface area contributed by atoms with Gasteiger partial charge in [-0.25, -0.2) is 9.97 Å². The number of rotatable bonds is 4. The molecule has 0 unspecified atom stereocenters. The molecule has 0 radical (unpaired) electrons. The van der Waals surface area contributed by atoms with Crippen LogP contribution in [0.25, 0.3) is 0 Å². The summed E-state index contributed by atoms with van der Waals surface area (Å²) in [6, 6.07) is 2.05. The van der Waals surface area contributed by atoms with Crippen molar-refractivity contribution < 1.29 is 4.74 Å². The van der Waals surface area contributed by atoms with Crippen LogP contribution >= 0.6 is 0 Å². The molecule has 2 rings (SSSR count). The first-order chi connectivity index (χ1) is 8.91. The van der Waals surface area contributed by atoms with Crippen LogP contribution in [0, 0.1) is 0 Å². The maximum absolute atomic E-state index is 5.71. The quantitative estimate of drug-likeness (QED) is 0.906. The lowest BCUT2D eigenvalue weighted by Gasteiger charge is -2.39. The van der Waals surface area contributed by atoms with Gasteiger partial charge in [-0.2, -0.15) is 0 Å². The first-order valence-electron chi connectivity index (χ1n) is 7.10. The molecule has 1 aromatic rings. The summed E-state index contributed by atoms with van der Waals surface area (Å²) in [7, 11) is 1.76. The third-order valence-corrected chi connectivity index (χ3v) is 3.81. The summed E-state index contributed by atoms with van der Waals surface area (Å²) in [6.07, 6.45) is 3.22. The summed E-state index contributed by atoms with van der Waals surface area (Å²) < 4.78 is 5.71. The monoisotopic (exact) mass is 263 g/mol. The molecule has 1 N–H and O–H groups in total. The number of nitrogens with zero attached hydrogens (tertiary/aromatic N) is 2. The van der Waals surface area contributed by atoms with E-state index in [-0.39, 0.29) is 11.0 Å². The third-order valence-electron chi connectivity index (χ3n) is 3.81. The minimum absolute atomic E-state index is 0.0144. The average molecular weight is 263 g/mol. The van der Waals surface area contributed by atoms with Crippen molar-refractivity contribution in [2.45, 2.75) is 58.0 Å². The maximum Gasteiger partial charge on any atom is 0.162 e. The predicted molar refractivity (Wildman–Crippen MR) is 77.4 cm³/mol. The van der Waals surface area contributed by atoms with E-state index in [0.717, 1.165) is 36.7 Å². The van der Waals surface area contributed by atoms with E-state index in [4.69, 9.17) is 9.72 Å². The molecule has 1 saturated carbocycles. The molecular formula is C15H25N3O. The van der Waals surface area contributed by atoms with Gasteiger partial charge in [0.05, 0.1) is 5.69 Å². The van der Waals surface area contributed by atoms with E-state index in [0.29, 0.717) is 0 Å². The summed E-state index contributed by atoms with van der Waals surface area (Å²) in [6.45, 7) is 9.47. The van der Waals surface area contributed by atoms with E-state index in [1.165, 1.54) is 6.42 Å². The number of anilines is 1. The minimum atomic E-state index is -0.259. The molecule has 0 amide bonds. The highest BCUT2D eigenvalue weighted by Crippen LogP contribution is 2.43. The minimum Gasteiger partial charge on any atom is -0.370 e. The van der Waals surface area contributed by atoms with Crippen LogP contribution in [-0.4, -0.2) is 23.6 Å². The Hall–Kier alpha value is -1.16. The van der Waals surface area contributed by atoms with Gasteiger partial charge in [0.2, 0.25) is 0 Å². The zero-order valence-corrected chi connectivity index (χ0v) is 12.7. The third kappa shape index (κ3) is 2.73. The summed E-state index contributed by atoms with van der Waals surface area (Å²) in [4.78, 5) is 9.43. The molecule has 106 valence electrons. The van der Waals surface area contributed by atoms with Gasteiger partial charge in [0.25, 0.3) is 0 Å². The van der Waals surface area contributed by atoms with Crippen LogP contribution in [-0.2, 0) is 15.8 Å². The normalized spacial score (nSPS) is 17.9. The molecule has 1 fully saturated rings. The highest BCUT2D eigenvalue weighted by Gasteiger charge is 2.42. The standard InChI is InChI=1S/C15H25N3O/c1-6-16-12-10-11(14(2,3)4)17-13(18-12)15(19-5)8-7-9-15/h10H,6-9H2,1-5H3,(H,16,17,18). The summed E-state index contributed by atoms with van der Waals surface area (Å²) in [5, 5.41) is 3.30. The SMILES string of the molecule is CCNc1cc(C(C)(C)C)nc(C2(OC)CCC2)n1. The number of hydrogen-bond acceptors (Lipinski definition) is 4. The van der Waals surface area contributed by atoms with Crippen molar-refractivity contribution in [1.82, 2.24) is 9.97 Å². The molecule has 4 nitrogen and oxygen atoms in total. The maximum atomic E-state index is 5.71. The van der Waals surface area contributed by atoms with Crippen molar-refractivity contribution in [3.63, 3.8) is 0 Å². The molecular weight excluding hydrogens is 238 g/mol. The fourth-order valence-electron chi connectivity index (χ4n) is 2.32. The second kappa shape index (κ2) is 5.08. The highest BCUT2D eigenvalue weighted by atomic mass is 16.5. The Morgan fingerprint density at radius 2 is 2.00 bits per heavy atom. The number of nitrogens with one attached hydrogen (secondary N) is 1. The van der Waals surface area contributed by atoms with Crippen LogP contribution in [0.4, 0.5) is 5.82 Å². The van der Waals surface area contributed by atoms with Gasteiger partial charge in [0, 0.05) is 25.1 Å². The van der Waals surface area contributed by atoms with Crippen molar-refractivity contribution >= 4 is 5.82 Å². The number of hydrogen-bond donors (Lipinski definition) is 1. The van der Waals surface area contributed by atoms with Crippen LogP contribution in [0.3, 0.4) is 0 Å². The van der Waals surface area contributed by atoms with Gasteiger partial charge in [-0.05, 0) is 26.2 Å². The summed E-state index contributed by atoms with van der Waals surface area (Å²) in [5.74, 6) is 1.74. The fourth-order valence-corrected chi connectivity index (χ4v) is 2.32. The second-order valence-corrected chi connectivity index (χ2v) is 6.29. The Labute approximate surface area is 116 Å². The highest BCUT2D eigenvalue weighted by molar-refractivity contribution is 5.39. The zero-order chi connectivity index (χ0) is 14.1. The van der Waals surface area contributed by atoms with E-state index in [1.807, 2.05) is 0 Å². The van der Waals surface area contributed by atoms with E-state index < -0.39 is 0 Å². The Morgan fingerprint density at radius 1 is 1.32 bits per heavy atom. The lowest BCUT2D eigenvalue weighted by molar-refractivity contribution is -0.0847. The van der Waals surface area contributed by atoms with Gasteiger partial charge in [0.1, 0.15) is 11.4 Å². The Morgan fingerprint density at radius 3 is 2.42 bits per heavy atom.